The van der Waals surface area contributed by atoms with Gasteiger partial charge in [-0.1, -0.05) is 93.0 Å². The van der Waals surface area contributed by atoms with Crippen LogP contribution in [0.2, 0.25) is 10.2 Å². The molecule has 32 heavy (non-hydrogen) atoms. The number of benzene rings is 2. The van der Waals surface area contributed by atoms with Crippen LogP contribution >= 0.6 is 11.6 Å². The van der Waals surface area contributed by atoms with Gasteiger partial charge in [0.1, 0.15) is 5.15 Å². The van der Waals surface area contributed by atoms with Gasteiger partial charge >= 0.3 is 5.97 Å². The molecule has 0 bridgehead atoms. The summed E-state index contributed by atoms with van der Waals surface area (Å²) in [6.07, 6.45) is 0.853. The highest BCUT2D eigenvalue weighted by atomic mass is 35.5. The number of rotatable bonds is 7. The Kier molecular flexibility index (Phi) is 6.25. The van der Waals surface area contributed by atoms with E-state index >= 15 is 0 Å². The van der Waals surface area contributed by atoms with Crippen molar-refractivity contribution in [2.75, 3.05) is 6.61 Å². The van der Waals surface area contributed by atoms with Crippen LogP contribution in [0.25, 0.3) is 0 Å². The second kappa shape index (κ2) is 8.81. The molecule has 1 aliphatic carbocycles. The third kappa shape index (κ3) is 4.25. The number of aromatic nitrogens is 1. The monoisotopic (exact) mass is 465 g/mol. The van der Waals surface area contributed by atoms with Crippen LogP contribution in [0.3, 0.4) is 0 Å². The number of carboxylic acid groups (broad SMARTS) is 1. The standard InChI is InChI=1S/C26H28ClNO3Si/c1-26(2,3)32(19-10-6-4-7-11-19,20-12-8-5-9-13-20)31-17-18-16-22(18)24-21(25(29)30)14-15-23(27)28-24/h4-15,18,22H,16-17H2,1-3H3,(H,29,30)/t18-,22-/m1/s1. The average Bonchev–Trinajstić information content (AvgIpc) is 3.54. The molecule has 1 N–H and O–H groups in total. The van der Waals surface area contributed by atoms with Crippen LogP contribution in [-0.4, -0.2) is 31.0 Å². The van der Waals surface area contributed by atoms with Crippen molar-refractivity contribution in [2.24, 2.45) is 5.92 Å². The fourth-order valence-corrected chi connectivity index (χ4v) is 9.45. The molecule has 0 spiro atoms. The minimum Gasteiger partial charge on any atom is -0.478 e. The van der Waals surface area contributed by atoms with Gasteiger partial charge in [0.25, 0.3) is 8.32 Å². The number of pyridine rings is 1. The van der Waals surface area contributed by atoms with E-state index in [4.69, 9.17) is 16.0 Å². The molecule has 0 aliphatic heterocycles. The van der Waals surface area contributed by atoms with E-state index in [2.05, 4.69) is 74.3 Å². The Morgan fingerprint density at radius 3 is 2.09 bits per heavy atom. The van der Waals surface area contributed by atoms with Gasteiger partial charge in [0, 0.05) is 12.5 Å². The van der Waals surface area contributed by atoms with Crippen LogP contribution in [0.1, 0.15) is 49.2 Å². The highest BCUT2D eigenvalue weighted by Crippen LogP contribution is 2.49. The van der Waals surface area contributed by atoms with Gasteiger partial charge in [-0.25, -0.2) is 9.78 Å². The fraction of sp³-hybridized carbons (Fsp3) is 0.308. The summed E-state index contributed by atoms with van der Waals surface area (Å²) in [5, 5.41) is 12.3. The SMILES string of the molecule is CC(C)(C)[Si](OC[C@H]1C[C@H]1c1nc(Cl)ccc1C(=O)O)(c1ccccc1)c1ccccc1. The number of carbonyl (C=O) groups is 1. The Hall–Kier alpha value is -2.47. The Morgan fingerprint density at radius 1 is 1.03 bits per heavy atom. The van der Waals surface area contributed by atoms with Gasteiger partial charge in [0.15, 0.2) is 0 Å². The Bertz CT molecular complexity index is 1060. The summed E-state index contributed by atoms with van der Waals surface area (Å²) in [6, 6.07) is 24.1. The molecule has 1 fully saturated rings. The molecular weight excluding hydrogens is 438 g/mol. The minimum atomic E-state index is -2.61. The Balaban J connectivity index is 1.66. The molecule has 0 unspecified atom stereocenters. The lowest BCUT2D eigenvalue weighted by Crippen LogP contribution is -2.66. The predicted molar refractivity (Wildman–Crippen MR) is 131 cm³/mol. The first kappa shape index (κ1) is 22.7. The van der Waals surface area contributed by atoms with E-state index < -0.39 is 14.3 Å². The van der Waals surface area contributed by atoms with Crippen LogP contribution in [0, 0.1) is 5.92 Å². The maximum absolute atomic E-state index is 11.7. The molecule has 1 aromatic heterocycles. The predicted octanol–water partition coefficient (Wildman–Crippen LogP) is 5.11. The Labute approximate surface area is 195 Å². The van der Waals surface area contributed by atoms with Crippen molar-refractivity contribution in [1.29, 1.82) is 0 Å². The van der Waals surface area contributed by atoms with Gasteiger partial charge in [-0.05, 0) is 39.9 Å². The molecule has 4 rings (SSSR count). The summed E-state index contributed by atoms with van der Waals surface area (Å²) in [4.78, 5) is 16.0. The minimum absolute atomic E-state index is 0.0537. The maximum Gasteiger partial charge on any atom is 0.337 e. The van der Waals surface area contributed by atoms with E-state index in [0.717, 1.165) is 6.42 Å². The molecule has 1 aliphatic rings. The van der Waals surface area contributed by atoms with E-state index in [1.165, 1.54) is 16.4 Å². The highest BCUT2D eigenvalue weighted by molar-refractivity contribution is 6.99. The molecule has 1 heterocycles. The van der Waals surface area contributed by atoms with Crippen LogP contribution < -0.4 is 10.4 Å². The van der Waals surface area contributed by atoms with Crippen molar-refractivity contribution in [3.63, 3.8) is 0 Å². The van der Waals surface area contributed by atoms with Gasteiger partial charge in [0.05, 0.1) is 11.3 Å². The number of nitrogens with zero attached hydrogens (tertiary/aromatic N) is 1. The zero-order valence-corrected chi connectivity index (χ0v) is 20.3. The third-order valence-corrected chi connectivity index (χ3v) is 11.5. The Morgan fingerprint density at radius 2 is 1.59 bits per heavy atom. The fourth-order valence-electron chi connectivity index (χ4n) is 4.67. The number of hydrogen-bond acceptors (Lipinski definition) is 3. The van der Waals surface area contributed by atoms with Crippen molar-refractivity contribution in [2.45, 2.75) is 38.1 Å². The van der Waals surface area contributed by atoms with Gasteiger partial charge in [0.2, 0.25) is 0 Å². The van der Waals surface area contributed by atoms with E-state index in [1.807, 2.05) is 12.1 Å². The molecule has 2 atom stereocenters. The molecule has 0 radical (unpaired) electrons. The zero-order valence-electron chi connectivity index (χ0n) is 18.6. The molecule has 2 aromatic carbocycles. The molecule has 3 aromatic rings. The van der Waals surface area contributed by atoms with Crippen LogP contribution in [0.4, 0.5) is 0 Å². The van der Waals surface area contributed by atoms with Gasteiger partial charge in [-0.15, -0.1) is 0 Å². The van der Waals surface area contributed by atoms with Crippen molar-refractivity contribution < 1.29 is 14.3 Å². The lowest BCUT2D eigenvalue weighted by atomic mass is 10.1. The normalized spacial score (nSPS) is 18.4. The summed E-state index contributed by atoms with van der Waals surface area (Å²) in [7, 11) is -2.61. The van der Waals surface area contributed by atoms with E-state index in [1.54, 1.807) is 6.07 Å². The quantitative estimate of drug-likeness (QED) is 0.389. The molecule has 6 heteroatoms. The summed E-state index contributed by atoms with van der Waals surface area (Å²) >= 11 is 6.08. The first-order chi connectivity index (χ1) is 15.2. The zero-order chi connectivity index (χ0) is 22.9. The average molecular weight is 466 g/mol. The number of aromatic carboxylic acids is 1. The largest absolute Gasteiger partial charge is 0.478 e. The van der Waals surface area contributed by atoms with Crippen LogP contribution in [0.5, 0.6) is 0 Å². The second-order valence-electron chi connectivity index (χ2n) is 9.45. The first-order valence-electron chi connectivity index (χ1n) is 10.9. The highest BCUT2D eigenvalue weighted by Gasteiger charge is 2.52. The lowest BCUT2D eigenvalue weighted by molar-refractivity contribution is 0.0695. The van der Waals surface area contributed by atoms with Crippen molar-refractivity contribution in [3.05, 3.63) is 89.2 Å². The maximum atomic E-state index is 11.7. The summed E-state index contributed by atoms with van der Waals surface area (Å²) in [6.45, 7) is 7.32. The first-order valence-corrected chi connectivity index (χ1v) is 13.2. The van der Waals surface area contributed by atoms with Crippen LogP contribution in [0.15, 0.2) is 72.8 Å². The number of carboxylic acids is 1. The summed E-state index contributed by atoms with van der Waals surface area (Å²) < 4.78 is 7.00. The molecule has 0 saturated heterocycles. The van der Waals surface area contributed by atoms with E-state index in [9.17, 15) is 9.90 Å². The van der Waals surface area contributed by atoms with Crippen molar-refractivity contribution >= 4 is 36.3 Å². The van der Waals surface area contributed by atoms with Crippen molar-refractivity contribution in [1.82, 2.24) is 4.98 Å². The molecule has 1 saturated carbocycles. The van der Waals surface area contributed by atoms with Gasteiger partial charge in [-0.3, -0.25) is 0 Å². The summed E-state index contributed by atoms with van der Waals surface area (Å²) in [5.41, 5.74) is 0.799. The van der Waals surface area contributed by atoms with Crippen molar-refractivity contribution in [3.8, 4) is 0 Å². The summed E-state index contributed by atoms with van der Waals surface area (Å²) in [5.74, 6) is -0.693. The second-order valence-corrected chi connectivity index (χ2v) is 14.1. The topological polar surface area (TPSA) is 59.4 Å². The molecule has 166 valence electrons. The van der Waals surface area contributed by atoms with E-state index in [-0.39, 0.29) is 22.4 Å². The van der Waals surface area contributed by atoms with Crippen LogP contribution in [-0.2, 0) is 4.43 Å². The molecule has 0 amide bonds. The number of hydrogen-bond donors (Lipinski definition) is 1. The molecule has 4 nitrogen and oxygen atoms in total. The van der Waals surface area contributed by atoms with Gasteiger partial charge in [-0.2, -0.15) is 0 Å². The van der Waals surface area contributed by atoms with E-state index in [0.29, 0.717) is 17.5 Å². The number of halogens is 1. The smallest absolute Gasteiger partial charge is 0.337 e. The third-order valence-electron chi connectivity index (χ3n) is 6.33. The van der Waals surface area contributed by atoms with Gasteiger partial charge < -0.3 is 9.53 Å². The lowest BCUT2D eigenvalue weighted by Gasteiger charge is -2.43. The molecular formula is C26H28ClNO3Si.